The van der Waals surface area contributed by atoms with Crippen molar-refractivity contribution in [3.05, 3.63) is 40.7 Å². The smallest absolute Gasteiger partial charge is 0.244 e. The van der Waals surface area contributed by atoms with E-state index in [-0.39, 0.29) is 4.90 Å². The summed E-state index contributed by atoms with van der Waals surface area (Å²) in [4.78, 5) is 20.1. The van der Waals surface area contributed by atoms with E-state index in [0.29, 0.717) is 5.13 Å². The number of benzene rings is 1. The first kappa shape index (κ1) is 18.9. The maximum atomic E-state index is 13.0. The number of nitrogens with zero attached hydrogens (tertiary/aromatic N) is 2. The summed E-state index contributed by atoms with van der Waals surface area (Å²) in [5.41, 5.74) is 0.962. The Labute approximate surface area is 156 Å². The molecule has 0 saturated heterocycles. The number of thiazole rings is 1. The summed E-state index contributed by atoms with van der Waals surface area (Å²) in [6.45, 7) is 6.09. The average molecular weight is 397 g/mol. The third-order valence-corrected chi connectivity index (χ3v) is 7.54. The van der Waals surface area contributed by atoms with E-state index in [4.69, 9.17) is 0 Å². The topological polar surface area (TPSA) is 79.4 Å². The molecule has 6 nitrogen and oxygen atoms in total. The fraction of sp³-hybridized carbons (Fsp3) is 0.412. The molecule has 1 atom stereocenters. The zero-order chi connectivity index (χ0) is 18.9. The van der Waals surface area contributed by atoms with E-state index in [1.165, 1.54) is 18.3 Å². The molecule has 1 aliphatic heterocycles. The third-order valence-electron chi connectivity index (χ3n) is 4.46. The highest BCUT2D eigenvalue weighted by atomic mass is 32.2. The Balaban J connectivity index is 1.74. The second-order valence-electron chi connectivity index (χ2n) is 6.14. The van der Waals surface area contributed by atoms with Gasteiger partial charge in [-0.1, -0.05) is 6.92 Å². The monoisotopic (exact) mass is 397 g/mol. The number of halogens is 1. The van der Waals surface area contributed by atoms with Gasteiger partial charge in [-0.05, 0) is 37.7 Å². The maximum Gasteiger partial charge on any atom is 0.244 e. The van der Waals surface area contributed by atoms with E-state index in [0.717, 1.165) is 60.9 Å². The van der Waals surface area contributed by atoms with E-state index >= 15 is 0 Å². The zero-order valence-electron chi connectivity index (χ0n) is 14.5. The molecule has 1 aromatic carbocycles. The first-order valence-electron chi connectivity index (χ1n) is 8.32. The number of aromatic nitrogens is 1. The largest absolute Gasteiger partial charge is 0.301 e. The molecule has 1 unspecified atom stereocenters. The normalized spacial score (nSPS) is 16.1. The lowest BCUT2D eigenvalue weighted by molar-refractivity contribution is -0.115. The van der Waals surface area contributed by atoms with Gasteiger partial charge in [0.15, 0.2) is 15.0 Å². The molecule has 1 amide bonds. The predicted molar refractivity (Wildman–Crippen MR) is 98.4 cm³/mol. The summed E-state index contributed by atoms with van der Waals surface area (Å²) in [7, 11) is -3.90. The minimum Gasteiger partial charge on any atom is -0.301 e. The summed E-state index contributed by atoms with van der Waals surface area (Å²) >= 11 is 1.38. The minimum atomic E-state index is -3.90. The third kappa shape index (κ3) is 3.79. The van der Waals surface area contributed by atoms with Crippen LogP contribution in [0, 0.1) is 5.82 Å². The van der Waals surface area contributed by atoms with Gasteiger partial charge < -0.3 is 5.32 Å². The van der Waals surface area contributed by atoms with Gasteiger partial charge in [0.25, 0.3) is 0 Å². The molecule has 0 bridgehead atoms. The van der Waals surface area contributed by atoms with E-state index in [1.807, 2.05) is 0 Å². The lowest BCUT2D eigenvalue weighted by Crippen LogP contribution is -2.32. The highest BCUT2D eigenvalue weighted by molar-refractivity contribution is 7.92. The molecule has 0 aliphatic carbocycles. The summed E-state index contributed by atoms with van der Waals surface area (Å²) in [5.74, 6) is -1.18. The van der Waals surface area contributed by atoms with Crippen LogP contribution in [0.1, 0.15) is 24.4 Å². The molecule has 0 spiro atoms. The molecule has 140 valence electrons. The van der Waals surface area contributed by atoms with Crippen LogP contribution in [0.4, 0.5) is 9.52 Å². The van der Waals surface area contributed by atoms with Crippen LogP contribution < -0.4 is 5.32 Å². The van der Waals surface area contributed by atoms with Crippen LogP contribution in [0.15, 0.2) is 29.2 Å². The van der Waals surface area contributed by atoms with Gasteiger partial charge in [-0.2, -0.15) is 0 Å². The van der Waals surface area contributed by atoms with E-state index in [9.17, 15) is 17.6 Å². The summed E-state index contributed by atoms with van der Waals surface area (Å²) < 4.78 is 38.1. The maximum absolute atomic E-state index is 13.0. The predicted octanol–water partition coefficient (Wildman–Crippen LogP) is 2.46. The number of sulfone groups is 1. The fourth-order valence-corrected chi connectivity index (χ4v) is 5.07. The van der Waals surface area contributed by atoms with E-state index < -0.39 is 26.8 Å². The molecular formula is C17H20FN3O3S2. The number of likely N-dealkylation sites (N-methyl/N-ethyl adjacent to an activating group) is 1. The van der Waals surface area contributed by atoms with Gasteiger partial charge in [0.2, 0.25) is 5.91 Å². The first-order valence-corrected chi connectivity index (χ1v) is 10.7. The molecular weight excluding hydrogens is 377 g/mol. The van der Waals surface area contributed by atoms with Crippen LogP contribution in [-0.2, 0) is 27.6 Å². The van der Waals surface area contributed by atoms with Crippen molar-refractivity contribution in [1.29, 1.82) is 0 Å². The molecule has 0 radical (unpaired) electrons. The number of hydrogen-bond donors (Lipinski definition) is 1. The van der Waals surface area contributed by atoms with Crippen molar-refractivity contribution < 1.29 is 17.6 Å². The molecule has 2 heterocycles. The zero-order valence-corrected chi connectivity index (χ0v) is 16.2. The Morgan fingerprint density at radius 3 is 2.73 bits per heavy atom. The number of fused-ring (bicyclic) bond motifs is 1. The average Bonchev–Trinajstić information content (AvgIpc) is 3.02. The Morgan fingerprint density at radius 2 is 2.08 bits per heavy atom. The molecule has 1 aromatic heterocycles. The molecule has 3 rings (SSSR count). The van der Waals surface area contributed by atoms with Crippen molar-refractivity contribution in [2.75, 3.05) is 18.4 Å². The lowest BCUT2D eigenvalue weighted by atomic mass is 10.2. The minimum absolute atomic E-state index is 0.0847. The molecule has 26 heavy (non-hydrogen) atoms. The van der Waals surface area contributed by atoms with Gasteiger partial charge >= 0.3 is 0 Å². The quantitative estimate of drug-likeness (QED) is 0.784. The molecule has 1 aliphatic rings. The molecule has 0 fully saturated rings. The number of nitrogens with one attached hydrogen (secondary N) is 1. The van der Waals surface area contributed by atoms with Crippen LogP contribution in [0.25, 0.3) is 0 Å². The second-order valence-corrected chi connectivity index (χ2v) is 9.49. The Hall–Kier alpha value is -1.84. The molecule has 1 N–H and O–H groups in total. The van der Waals surface area contributed by atoms with Crippen molar-refractivity contribution in [2.24, 2.45) is 0 Å². The highest BCUT2D eigenvalue weighted by Crippen LogP contribution is 2.28. The highest BCUT2D eigenvalue weighted by Gasteiger charge is 2.31. The van der Waals surface area contributed by atoms with Crippen molar-refractivity contribution >= 4 is 32.2 Å². The summed E-state index contributed by atoms with van der Waals surface area (Å²) in [6.07, 6.45) is 0.818. The SMILES string of the molecule is CCN1CCc2nc(NC(=O)C(C)S(=O)(=O)c3ccc(F)cc3)sc2C1. The van der Waals surface area contributed by atoms with Crippen LogP contribution >= 0.6 is 11.3 Å². The number of carbonyl (C=O) groups is 1. The molecule has 0 saturated carbocycles. The van der Waals surface area contributed by atoms with Crippen LogP contribution in [0.5, 0.6) is 0 Å². The number of anilines is 1. The van der Waals surface area contributed by atoms with Crippen LogP contribution in [-0.4, -0.2) is 42.5 Å². The number of amides is 1. The lowest BCUT2D eigenvalue weighted by Gasteiger charge is -2.23. The summed E-state index contributed by atoms with van der Waals surface area (Å²) in [6, 6.07) is 4.45. The first-order chi connectivity index (χ1) is 12.3. The van der Waals surface area contributed by atoms with Crippen molar-refractivity contribution in [3.63, 3.8) is 0 Å². The number of hydrogen-bond acceptors (Lipinski definition) is 6. The Morgan fingerprint density at radius 1 is 1.38 bits per heavy atom. The molecule has 2 aromatic rings. The van der Waals surface area contributed by atoms with Gasteiger partial charge in [0, 0.05) is 24.4 Å². The van der Waals surface area contributed by atoms with Crippen LogP contribution in [0.2, 0.25) is 0 Å². The second kappa shape index (κ2) is 7.42. The van der Waals surface area contributed by atoms with Gasteiger partial charge in [0.1, 0.15) is 11.1 Å². The van der Waals surface area contributed by atoms with Crippen molar-refractivity contribution in [3.8, 4) is 0 Å². The van der Waals surface area contributed by atoms with Gasteiger partial charge in [-0.15, -0.1) is 11.3 Å². The number of rotatable bonds is 5. The van der Waals surface area contributed by atoms with E-state index in [1.54, 1.807) is 0 Å². The van der Waals surface area contributed by atoms with Gasteiger partial charge in [-0.25, -0.2) is 17.8 Å². The summed E-state index contributed by atoms with van der Waals surface area (Å²) in [5, 5.41) is 1.73. The van der Waals surface area contributed by atoms with E-state index in [2.05, 4.69) is 22.1 Å². The number of carbonyl (C=O) groups excluding carboxylic acids is 1. The van der Waals surface area contributed by atoms with Crippen LogP contribution in [0.3, 0.4) is 0 Å². The van der Waals surface area contributed by atoms with Gasteiger partial charge in [0.05, 0.1) is 10.6 Å². The standard InChI is InChI=1S/C17H20FN3O3S2/c1-3-21-9-8-14-15(10-21)25-17(19-14)20-16(22)11(2)26(23,24)13-6-4-12(18)5-7-13/h4-7,11H,3,8-10H2,1-2H3,(H,19,20,22). The van der Waals surface area contributed by atoms with Crippen molar-refractivity contribution in [2.45, 2.75) is 37.0 Å². The molecule has 9 heteroatoms. The Bertz CT molecular complexity index is 910. The fourth-order valence-electron chi connectivity index (χ4n) is 2.75. The Kier molecular flexibility index (Phi) is 5.40. The van der Waals surface area contributed by atoms with Gasteiger partial charge in [-0.3, -0.25) is 9.69 Å². The van der Waals surface area contributed by atoms with Crippen molar-refractivity contribution in [1.82, 2.24) is 9.88 Å².